The summed E-state index contributed by atoms with van der Waals surface area (Å²) in [5.74, 6) is 0. The normalized spacial score (nSPS) is 14.9. The van der Waals surface area contributed by atoms with E-state index in [1.54, 1.807) is 11.8 Å². The van der Waals surface area contributed by atoms with E-state index in [2.05, 4.69) is 173 Å². The molecule has 0 aliphatic heterocycles. The average Bonchev–Trinajstić information content (AvgIpc) is 3.53. The van der Waals surface area contributed by atoms with Crippen molar-refractivity contribution in [3.8, 4) is 44.5 Å². The zero-order valence-corrected chi connectivity index (χ0v) is 30.0. The summed E-state index contributed by atoms with van der Waals surface area (Å²) >= 11 is 1.79. The van der Waals surface area contributed by atoms with Gasteiger partial charge in [0.25, 0.3) is 0 Å². The Morgan fingerprint density at radius 1 is 0.380 bits per heavy atom. The Balaban J connectivity index is 1.41. The zero-order valence-electron chi connectivity index (χ0n) is 29.2. The van der Waals surface area contributed by atoms with E-state index in [4.69, 9.17) is 0 Å². The lowest BCUT2D eigenvalue weighted by Crippen LogP contribution is -2.15. The molecule has 0 amide bonds. The zero-order chi connectivity index (χ0) is 33.9. The lowest BCUT2D eigenvalue weighted by atomic mass is 9.77. The third-order valence-corrected chi connectivity index (χ3v) is 12.7. The Kier molecular flexibility index (Phi) is 6.22. The molecule has 8 aromatic rings. The second-order valence-corrected chi connectivity index (χ2v) is 16.0. The Bertz CT molecular complexity index is 2650. The summed E-state index contributed by atoms with van der Waals surface area (Å²) in [7, 11) is 0. The van der Waals surface area contributed by atoms with Gasteiger partial charge in [-0.3, -0.25) is 0 Å². The van der Waals surface area contributed by atoms with Gasteiger partial charge in [0.1, 0.15) is 0 Å². The third kappa shape index (κ3) is 3.85. The van der Waals surface area contributed by atoms with Gasteiger partial charge in [-0.2, -0.15) is 0 Å². The van der Waals surface area contributed by atoms with E-state index < -0.39 is 0 Å². The van der Waals surface area contributed by atoms with Crippen LogP contribution in [0.1, 0.15) is 49.9 Å². The molecule has 50 heavy (non-hydrogen) atoms. The van der Waals surface area contributed by atoms with E-state index in [0.717, 1.165) is 0 Å². The maximum absolute atomic E-state index is 2.57. The van der Waals surface area contributed by atoms with Crippen LogP contribution in [0.25, 0.3) is 76.8 Å². The van der Waals surface area contributed by atoms with Crippen LogP contribution >= 0.6 is 11.8 Å². The van der Waals surface area contributed by atoms with Crippen LogP contribution in [-0.4, -0.2) is 6.26 Å². The molecule has 2 aliphatic carbocycles. The molecular weight excluding hydrogens is 621 g/mol. The van der Waals surface area contributed by atoms with Crippen molar-refractivity contribution in [1.29, 1.82) is 0 Å². The third-order valence-electron chi connectivity index (χ3n) is 12.0. The first-order chi connectivity index (χ1) is 24.3. The fourth-order valence-corrected chi connectivity index (χ4v) is 9.97. The molecule has 8 aromatic carbocycles. The van der Waals surface area contributed by atoms with Crippen LogP contribution in [0.15, 0.2) is 144 Å². The second-order valence-electron chi connectivity index (χ2n) is 15.2. The van der Waals surface area contributed by atoms with Crippen molar-refractivity contribution in [2.45, 2.75) is 43.4 Å². The molecule has 1 heteroatoms. The van der Waals surface area contributed by atoms with Crippen molar-refractivity contribution in [2.75, 3.05) is 6.26 Å². The molecule has 0 bridgehead atoms. The van der Waals surface area contributed by atoms with Crippen LogP contribution in [0.4, 0.5) is 0 Å². The van der Waals surface area contributed by atoms with Gasteiger partial charge in [-0.05, 0) is 124 Å². The number of rotatable bonds is 3. The molecule has 0 saturated carbocycles. The van der Waals surface area contributed by atoms with Gasteiger partial charge in [0.15, 0.2) is 0 Å². The minimum atomic E-state index is -0.143. The first kappa shape index (κ1) is 29.8. The average molecular weight is 659 g/mol. The molecule has 10 rings (SSSR count). The highest BCUT2D eigenvalue weighted by atomic mass is 32.2. The molecular formula is C49H38S. The highest BCUT2D eigenvalue weighted by molar-refractivity contribution is 7.98. The highest BCUT2D eigenvalue weighted by Crippen LogP contribution is 2.59. The Labute approximate surface area is 298 Å². The van der Waals surface area contributed by atoms with Crippen molar-refractivity contribution in [1.82, 2.24) is 0 Å². The molecule has 0 unspecified atom stereocenters. The summed E-state index contributed by atoms with van der Waals surface area (Å²) in [4.78, 5) is 1.28. The molecule has 0 spiro atoms. The molecule has 0 aromatic heterocycles. The summed E-state index contributed by atoms with van der Waals surface area (Å²) in [5.41, 5.74) is 16.2. The molecule has 0 saturated heterocycles. The van der Waals surface area contributed by atoms with E-state index in [9.17, 15) is 0 Å². The van der Waals surface area contributed by atoms with Crippen molar-refractivity contribution in [3.05, 3.63) is 162 Å². The first-order valence-corrected chi connectivity index (χ1v) is 19.0. The molecule has 0 atom stereocenters. The van der Waals surface area contributed by atoms with Crippen LogP contribution in [-0.2, 0) is 10.8 Å². The van der Waals surface area contributed by atoms with E-state index in [-0.39, 0.29) is 10.8 Å². The Morgan fingerprint density at radius 2 is 0.860 bits per heavy atom. The van der Waals surface area contributed by atoms with Crippen LogP contribution in [0.2, 0.25) is 0 Å². The van der Waals surface area contributed by atoms with Gasteiger partial charge in [0.2, 0.25) is 0 Å². The van der Waals surface area contributed by atoms with Gasteiger partial charge in [0, 0.05) is 15.7 Å². The van der Waals surface area contributed by atoms with Gasteiger partial charge < -0.3 is 0 Å². The lowest BCUT2D eigenvalue weighted by molar-refractivity contribution is 0.660. The Morgan fingerprint density at radius 3 is 1.42 bits per heavy atom. The fraction of sp³-hybridized carbons (Fsp3) is 0.143. The molecule has 0 heterocycles. The molecule has 0 nitrogen and oxygen atoms in total. The Hall–Kier alpha value is -5.11. The number of fused-ring (bicyclic) bond motifs is 11. The summed E-state index contributed by atoms with van der Waals surface area (Å²) in [6.07, 6.45) is 2.14. The van der Waals surface area contributed by atoms with E-state index in [1.165, 1.54) is 104 Å². The van der Waals surface area contributed by atoms with Gasteiger partial charge in [0.05, 0.1) is 0 Å². The summed E-state index contributed by atoms with van der Waals surface area (Å²) in [6.45, 7) is 9.64. The predicted molar refractivity (Wildman–Crippen MR) is 217 cm³/mol. The number of benzene rings is 8. The van der Waals surface area contributed by atoms with E-state index in [0.29, 0.717) is 0 Å². The monoisotopic (exact) mass is 658 g/mol. The summed E-state index contributed by atoms with van der Waals surface area (Å²) < 4.78 is 0. The maximum Gasteiger partial charge on any atom is 0.0159 e. The highest BCUT2D eigenvalue weighted by Gasteiger charge is 2.41. The van der Waals surface area contributed by atoms with Gasteiger partial charge >= 0.3 is 0 Å². The van der Waals surface area contributed by atoms with Crippen molar-refractivity contribution >= 4 is 44.1 Å². The quantitative estimate of drug-likeness (QED) is 0.134. The minimum absolute atomic E-state index is 0.0798. The van der Waals surface area contributed by atoms with Crippen molar-refractivity contribution in [2.24, 2.45) is 0 Å². The van der Waals surface area contributed by atoms with E-state index >= 15 is 0 Å². The standard InChI is InChI=1S/C49H38S/c1-48(2)39-20-12-10-18-36(39)45-41(48)27-26-35-38(28-42-46(47(35)45)37-19-11-13-21-40(37)49(42,3)4)44-33-16-8-6-14-31(33)43(32-15-7-9-17-34(32)44)29-22-24-30(50-5)25-23-29/h6-28H,1-5H3. The smallest absolute Gasteiger partial charge is 0.0159 e. The van der Waals surface area contributed by atoms with Crippen LogP contribution in [0.3, 0.4) is 0 Å². The summed E-state index contributed by atoms with van der Waals surface area (Å²) in [5, 5.41) is 7.91. The predicted octanol–water partition coefficient (Wildman–Crippen LogP) is 13.8. The number of thioether (sulfide) groups is 1. The molecule has 240 valence electrons. The molecule has 2 aliphatic rings. The van der Waals surface area contributed by atoms with Crippen LogP contribution < -0.4 is 0 Å². The second kappa shape index (κ2) is 10.5. The van der Waals surface area contributed by atoms with Crippen LogP contribution in [0, 0.1) is 0 Å². The molecule has 0 N–H and O–H groups in total. The largest absolute Gasteiger partial charge is 0.130 e. The van der Waals surface area contributed by atoms with Crippen LogP contribution in [0.5, 0.6) is 0 Å². The van der Waals surface area contributed by atoms with Gasteiger partial charge in [-0.1, -0.05) is 149 Å². The SMILES string of the molecule is CSc1ccc(-c2c3ccccc3c(-c3cc4c(c5c6c(ccc35)C(C)(C)c3ccccc3-6)-c3ccccc3C4(C)C)c3ccccc23)cc1. The first-order valence-electron chi connectivity index (χ1n) is 17.7. The van der Waals surface area contributed by atoms with Gasteiger partial charge in [-0.25, -0.2) is 0 Å². The molecule has 0 fully saturated rings. The van der Waals surface area contributed by atoms with Crippen molar-refractivity contribution < 1.29 is 0 Å². The van der Waals surface area contributed by atoms with Gasteiger partial charge in [-0.15, -0.1) is 11.8 Å². The minimum Gasteiger partial charge on any atom is -0.130 e. The molecule has 0 radical (unpaired) electrons. The van der Waals surface area contributed by atoms with E-state index in [1.807, 2.05) is 0 Å². The number of hydrogen-bond donors (Lipinski definition) is 0. The number of hydrogen-bond acceptors (Lipinski definition) is 1. The van der Waals surface area contributed by atoms with Crippen molar-refractivity contribution in [3.63, 3.8) is 0 Å². The topological polar surface area (TPSA) is 0 Å². The maximum atomic E-state index is 2.57. The summed E-state index contributed by atoms with van der Waals surface area (Å²) in [6, 6.07) is 53.0. The fourth-order valence-electron chi connectivity index (χ4n) is 9.57. The lowest BCUT2D eigenvalue weighted by Gasteiger charge is -2.26.